The number of aromatic nitrogens is 4. The zero-order valence-corrected chi connectivity index (χ0v) is 17.3. The molecule has 0 saturated heterocycles. The Bertz CT molecular complexity index is 1110. The Hall–Kier alpha value is -1.77. The fourth-order valence-corrected chi connectivity index (χ4v) is 3.95. The summed E-state index contributed by atoms with van der Waals surface area (Å²) < 4.78 is 4.12. The van der Waals surface area contributed by atoms with Crippen LogP contribution in [-0.2, 0) is 19.3 Å². The quantitative estimate of drug-likeness (QED) is 0.596. The Morgan fingerprint density at radius 1 is 1.42 bits per heavy atom. The van der Waals surface area contributed by atoms with Crippen LogP contribution in [0.5, 0.6) is 0 Å². The average Bonchev–Trinajstić information content (AvgIpc) is 2.95. The number of allylic oxidation sites excluding steroid dienone is 2. The molecule has 0 bridgehead atoms. The van der Waals surface area contributed by atoms with Gasteiger partial charge >= 0.3 is 5.69 Å². The highest BCUT2D eigenvalue weighted by molar-refractivity contribution is 9.10. The molecule has 6 nitrogen and oxygen atoms in total. The Kier molecular flexibility index (Phi) is 5.74. The van der Waals surface area contributed by atoms with Crippen LogP contribution in [0.2, 0.25) is 0 Å². The van der Waals surface area contributed by atoms with Gasteiger partial charge in [0.15, 0.2) is 16.3 Å². The van der Waals surface area contributed by atoms with Crippen molar-refractivity contribution in [3.8, 4) is 0 Å². The molecule has 9 heteroatoms. The predicted octanol–water partition coefficient (Wildman–Crippen LogP) is 3.62. The summed E-state index contributed by atoms with van der Waals surface area (Å²) in [5.41, 5.74) is 0.897. The summed E-state index contributed by atoms with van der Waals surface area (Å²) in [6.07, 6.45) is 1.80. The molecule has 3 aromatic rings. The van der Waals surface area contributed by atoms with Crippen LogP contribution in [0.15, 0.2) is 54.6 Å². The second kappa shape index (κ2) is 7.85. The monoisotopic (exact) mass is 454 g/mol. The SMILES string of the molecule is CC(Cl)=CCn1c(SCc2cccc(Br)c2)nc2c1c(=O)[nH]c(=O)n2C. The molecule has 1 aromatic carbocycles. The summed E-state index contributed by atoms with van der Waals surface area (Å²) in [5.74, 6) is 0.679. The van der Waals surface area contributed by atoms with Gasteiger partial charge in [0.2, 0.25) is 0 Å². The maximum absolute atomic E-state index is 12.4. The van der Waals surface area contributed by atoms with Gasteiger partial charge in [-0.15, -0.1) is 0 Å². The van der Waals surface area contributed by atoms with Gasteiger partial charge in [-0.25, -0.2) is 9.78 Å². The van der Waals surface area contributed by atoms with Gasteiger partial charge in [-0.3, -0.25) is 14.3 Å². The number of hydrogen-bond acceptors (Lipinski definition) is 4. The lowest BCUT2D eigenvalue weighted by Gasteiger charge is -2.06. The first-order valence-corrected chi connectivity index (χ1v) is 9.91. The average molecular weight is 456 g/mol. The van der Waals surface area contributed by atoms with Crippen molar-refractivity contribution in [3.05, 3.63) is 66.2 Å². The largest absolute Gasteiger partial charge is 0.329 e. The number of benzene rings is 1. The normalized spacial score (nSPS) is 12.1. The van der Waals surface area contributed by atoms with Crippen LogP contribution >= 0.6 is 39.3 Å². The molecule has 0 unspecified atom stereocenters. The molecule has 1 N–H and O–H groups in total. The topological polar surface area (TPSA) is 72.7 Å². The molecule has 0 saturated carbocycles. The summed E-state index contributed by atoms with van der Waals surface area (Å²) in [4.78, 5) is 31.1. The van der Waals surface area contributed by atoms with Crippen molar-refractivity contribution in [2.24, 2.45) is 7.05 Å². The summed E-state index contributed by atoms with van der Waals surface area (Å²) >= 11 is 10.9. The number of fused-ring (bicyclic) bond motifs is 1. The van der Waals surface area contributed by atoms with Crippen molar-refractivity contribution in [1.29, 1.82) is 0 Å². The van der Waals surface area contributed by atoms with Crippen LogP contribution in [0, 0.1) is 0 Å². The van der Waals surface area contributed by atoms with E-state index in [0.29, 0.717) is 33.7 Å². The molecule has 3 rings (SSSR count). The van der Waals surface area contributed by atoms with Crippen LogP contribution in [0.1, 0.15) is 12.5 Å². The summed E-state index contributed by atoms with van der Waals surface area (Å²) in [6.45, 7) is 2.17. The number of thioether (sulfide) groups is 1. The number of H-pyrrole nitrogens is 1. The van der Waals surface area contributed by atoms with Crippen LogP contribution < -0.4 is 11.2 Å². The first-order chi connectivity index (χ1) is 12.4. The summed E-state index contributed by atoms with van der Waals surface area (Å²) in [6, 6.07) is 7.99. The minimum absolute atomic E-state index is 0.358. The number of aromatic amines is 1. The van der Waals surface area contributed by atoms with Crippen LogP contribution in [0.25, 0.3) is 11.2 Å². The molecular weight excluding hydrogens is 440 g/mol. The van der Waals surface area contributed by atoms with Crippen molar-refractivity contribution in [3.63, 3.8) is 0 Å². The van der Waals surface area contributed by atoms with Crippen LogP contribution in [0.3, 0.4) is 0 Å². The second-order valence-electron chi connectivity index (χ2n) is 5.70. The van der Waals surface area contributed by atoms with E-state index in [2.05, 4.69) is 25.9 Å². The molecule has 0 spiro atoms. The van der Waals surface area contributed by atoms with Gasteiger partial charge < -0.3 is 4.57 Å². The van der Waals surface area contributed by atoms with E-state index in [1.54, 1.807) is 24.6 Å². The predicted molar refractivity (Wildman–Crippen MR) is 109 cm³/mol. The van der Waals surface area contributed by atoms with E-state index in [4.69, 9.17) is 11.6 Å². The maximum Gasteiger partial charge on any atom is 0.329 e. The molecule has 2 aromatic heterocycles. The maximum atomic E-state index is 12.4. The fraction of sp³-hybridized carbons (Fsp3) is 0.235. The van der Waals surface area contributed by atoms with Gasteiger partial charge in [-0.05, 0) is 24.6 Å². The van der Waals surface area contributed by atoms with Crippen molar-refractivity contribution in [2.75, 3.05) is 0 Å². The molecular formula is C17H16BrClN4O2S. The van der Waals surface area contributed by atoms with Crippen molar-refractivity contribution in [1.82, 2.24) is 19.1 Å². The molecule has 2 heterocycles. The van der Waals surface area contributed by atoms with Crippen molar-refractivity contribution >= 4 is 50.5 Å². The van der Waals surface area contributed by atoms with Gasteiger partial charge in [-0.2, -0.15) is 0 Å². The van der Waals surface area contributed by atoms with Gasteiger partial charge in [0.05, 0.1) is 0 Å². The highest BCUT2D eigenvalue weighted by Gasteiger charge is 2.17. The molecule has 0 aliphatic carbocycles. The van der Waals surface area contributed by atoms with Crippen LogP contribution in [-0.4, -0.2) is 19.1 Å². The number of imidazole rings is 1. The van der Waals surface area contributed by atoms with E-state index in [1.807, 2.05) is 24.3 Å². The Labute approximate surface area is 167 Å². The molecule has 136 valence electrons. The first kappa shape index (κ1) is 19.0. The highest BCUT2D eigenvalue weighted by Crippen LogP contribution is 2.26. The Morgan fingerprint density at radius 3 is 2.88 bits per heavy atom. The molecule has 0 atom stereocenters. The van der Waals surface area contributed by atoms with E-state index in [-0.39, 0.29) is 0 Å². The fourth-order valence-electron chi connectivity index (χ4n) is 2.49. The molecule has 0 aliphatic heterocycles. The standard InChI is InChI=1S/C17H16BrClN4O2S/c1-10(19)6-7-23-13-14(22(2)16(25)21-15(13)24)20-17(23)26-9-11-4-3-5-12(18)8-11/h3-6,8H,7,9H2,1-2H3,(H,21,24,25). The third-order valence-corrected chi connectivity index (χ3v) is 5.48. The lowest BCUT2D eigenvalue weighted by Crippen LogP contribution is -2.29. The van der Waals surface area contributed by atoms with Gasteiger partial charge in [0.25, 0.3) is 5.56 Å². The third kappa shape index (κ3) is 3.97. The highest BCUT2D eigenvalue weighted by atomic mass is 79.9. The van der Waals surface area contributed by atoms with E-state index >= 15 is 0 Å². The number of aryl methyl sites for hydroxylation is 1. The van der Waals surface area contributed by atoms with Crippen molar-refractivity contribution < 1.29 is 0 Å². The second-order valence-corrected chi connectivity index (χ2v) is 8.16. The lowest BCUT2D eigenvalue weighted by atomic mass is 10.2. The first-order valence-electron chi connectivity index (χ1n) is 7.76. The van der Waals surface area contributed by atoms with Gasteiger partial charge in [-0.1, -0.05) is 57.5 Å². The molecule has 26 heavy (non-hydrogen) atoms. The zero-order valence-electron chi connectivity index (χ0n) is 14.1. The van der Waals surface area contributed by atoms with Crippen LogP contribution in [0.4, 0.5) is 0 Å². The number of rotatable bonds is 5. The lowest BCUT2D eigenvalue weighted by molar-refractivity contribution is 0.742. The molecule has 0 fully saturated rings. The van der Waals surface area contributed by atoms with E-state index in [0.717, 1.165) is 10.0 Å². The zero-order chi connectivity index (χ0) is 18.8. The van der Waals surface area contributed by atoms with Gasteiger partial charge in [0.1, 0.15) is 0 Å². The molecule has 0 aliphatic rings. The Balaban J connectivity index is 2.08. The third-order valence-electron chi connectivity index (χ3n) is 3.78. The minimum Gasteiger partial charge on any atom is -0.309 e. The number of nitrogens with one attached hydrogen (secondary N) is 1. The van der Waals surface area contributed by atoms with E-state index < -0.39 is 11.2 Å². The Morgan fingerprint density at radius 2 is 2.19 bits per heavy atom. The smallest absolute Gasteiger partial charge is 0.309 e. The number of halogens is 2. The van der Waals surface area contributed by atoms with Gasteiger partial charge in [0, 0.05) is 28.9 Å². The molecule has 0 amide bonds. The summed E-state index contributed by atoms with van der Waals surface area (Å²) in [7, 11) is 1.59. The minimum atomic E-state index is -0.486. The van der Waals surface area contributed by atoms with E-state index in [1.165, 1.54) is 16.3 Å². The number of hydrogen-bond donors (Lipinski definition) is 1. The molecule has 0 radical (unpaired) electrons. The van der Waals surface area contributed by atoms with Crippen molar-refractivity contribution in [2.45, 2.75) is 24.4 Å². The summed E-state index contributed by atoms with van der Waals surface area (Å²) in [5, 5.41) is 1.27. The number of nitrogens with zero attached hydrogens (tertiary/aromatic N) is 3. The van der Waals surface area contributed by atoms with E-state index in [9.17, 15) is 9.59 Å².